The molecule has 1 aromatic carbocycles. The Hall–Kier alpha value is -2.97. The Bertz CT molecular complexity index is 1010. The minimum absolute atomic E-state index is 0.0370. The van der Waals surface area contributed by atoms with Gasteiger partial charge in [-0.1, -0.05) is 30.3 Å². The molecule has 8 nitrogen and oxygen atoms in total. The summed E-state index contributed by atoms with van der Waals surface area (Å²) in [7, 11) is 0. The zero-order chi connectivity index (χ0) is 24.2. The second-order valence-electron chi connectivity index (χ2n) is 9.57. The smallest absolute Gasteiger partial charge is 0.256 e. The fraction of sp³-hybridized carbons (Fsp3) is 0.500. The van der Waals surface area contributed by atoms with Gasteiger partial charge in [-0.15, -0.1) is 0 Å². The van der Waals surface area contributed by atoms with Gasteiger partial charge in [-0.2, -0.15) is 0 Å². The van der Waals surface area contributed by atoms with E-state index in [0.29, 0.717) is 30.6 Å². The molecule has 0 saturated carbocycles. The van der Waals surface area contributed by atoms with Crippen LogP contribution in [0.3, 0.4) is 0 Å². The summed E-state index contributed by atoms with van der Waals surface area (Å²) in [6, 6.07) is 11.9. The molecule has 2 aliphatic heterocycles. The van der Waals surface area contributed by atoms with E-state index in [4.69, 9.17) is 10.5 Å². The van der Waals surface area contributed by atoms with Crippen LogP contribution in [-0.4, -0.2) is 77.1 Å². The first-order valence-electron chi connectivity index (χ1n) is 12.0. The summed E-state index contributed by atoms with van der Waals surface area (Å²) in [6.07, 6.45) is 1.53. The number of aliphatic hydroxyl groups excluding tert-OH is 1. The predicted octanol–water partition coefficient (Wildman–Crippen LogP) is 1.89. The van der Waals surface area contributed by atoms with Crippen LogP contribution >= 0.6 is 0 Å². The van der Waals surface area contributed by atoms with Crippen molar-refractivity contribution < 1.29 is 19.4 Å². The molecule has 3 N–H and O–H groups in total. The van der Waals surface area contributed by atoms with Crippen LogP contribution in [0.1, 0.15) is 45.3 Å². The maximum Gasteiger partial charge on any atom is 0.256 e. The second kappa shape index (κ2) is 10.5. The highest BCUT2D eigenvalue weighted by molar-refractivity contribution is 6.07. The van der Waals surface area contributed by atoms with E-state index in [9.17, 15) is 14.7 Å². The van der Waals surface area contributed by atoms with E-state index in [1.54, 1.807) is 13.8 Å². The van der Waals surface area contributed by atoms with Crippen LogP contribution in [0.5, 0.6) is 5.88 Å². The molecule has 2 unspecified atom stereocenters. The SMILES string of the molecule is Cc1nc(OC[C@H](C)O)cc(C(N)=O)c1C(=O)N1CC2CN(CCCc3ccccc3)CC2C1. The Morgan fingerprint density at radius 3 is 2.47 bits per heavy atom. The van der Waals surface area contributed by atoms with Crippen LogP contribution in [0.25, 0.3) is 0 Å². The van der Waals surface area contributed by atoms with Gasteiger partial charge in [0, 0.05) is 32.2 Å². The molecule has 2 saturated heterocycles. The van der Waals surface area contributed by atoms with E-state index in [1.807, 2.05) is 11.0 Å². The number of primary amides is 1. The maximum absolute atomic E-state index is 13.4. The molecule has 0 radical (unpaired) electrons. The first kappa shape index (κ1) is 24.2. The van der Waals surface area contributed by atoms with Crippen LogP contribution in [0.15, 0.2) is 36.4 Å². The summed E-state index contributed by atoms with van der Waals surface area (Å²) in [5, 5.41) is 9.44. The van der Waals surface area contributed by atoms with E-state index >= 15 is 0 Å². The quantitative estimate of drug-likeness (QED) is 0.584. The summed E-state index contributed by atoms with van der Waals surface area (Å²) < 4.78 is 5.43. The van der Waals surface area contributed by atoms with Gasteiger partial charge in [-0.25, -0.2) is 4.98 Å². The van der Waals surface area contributed by atoms with Gasteiger partial charge in [0.1, 0.15) is 6.61 Å². The number of pyridine rings is 1. The number of ether oxygens (including phenoxy) is 1. The molecule has 0 spiro atoms. The largest absolute Gasteiger partial charge is 0.475 e. The monoisotopic (exact) mass is 466 g/mol. The van der Waals surface area contributed by atoms with E-state index in [0.717, 1.165) is 32.5 Å². The van der Waals surface area contributed by atoms with Crippen molar-refractivity contribution in [2.75, 3.05) is 39.3 Å². The number of carbonyl (C=O) groups is 2. The van der Waals surface area contributed by atoms with Crippen LogP contribution < -0.4 is 10.5 Å². The third kappa shape index (κ3) is 5.56. The number of carbonyl (C=O) groups excluding carboxylic acids is 2. The van der Waals surface area contributed by atoms with Crippen molar-refractivity contribution in [3.05, 3.63) is 58.8 Å². The fourth-order valence-corrected chi connectivity index (χ4v) is 5.14. The van der Waals surface area contributed by atoms with Gasteiger partial charge in [-0.3, -0.25) is 9.59 Å². The van der Waals surface area contributed by atoms with Crippen molar-refractivity contribution in [1.29, 1.82) is 0 Å². The molecule has 2 aromatic rings. The zero-order valence-corrected chi connectivity index (χ0v) is 19.9. The van der Waals surface area contributed by atoms with Crippen molar-refractivity contribution in [3.8, 4) is 5.88 Å². The number of hydrogen-bond acceptors (Lipinski definition) is 6. The first-order chi connectivity index (χ1) is 16.3. The summed E-state index contributed by atoms with van der Waals surface area (Å²) in [4.78, 5) is 34.2. The standard InChI is InChI=1S/C26H34N4O4/c1-17(31)16-34-23-11-22(25(27)32)24(18(2)28-23)26(33)30-14-20-12-29(13-21(20)15-30)10-6-9-19-7-4-3-5-8-19/h3-5,7-8,11,17,20-21,31H,6,9-10,12-16H2,1-2H3,(H2,27,32)/t17-,20?,21?/m0/s1. The molecule has 4 rings (SSSR count). The lowest BCUT2D eigenvalue weighted by Gasteiger charge is -2.23. The Balaban J connectivity index is 1.36. The Morgan fingerprint density at radius 1 is 1.18 bits per heavy atom. The number of rotatable bonds is 9. The number of benzene rings is 1. The molecular weight excluding hydrogens is 432 g/mol. The van der Waals surface area contributed by atoms with Crippen molar-refractivity contribution in [2.24, 2.45) is 17.6 Å². The normalized spacial score (nSPS) is 20.9. The van der Waals surface area contributed by atoms with Gasteiger partial charge >= 0.3 is 0 Å². The highest BCUT2D eigenvalue weighted by atomic mass is 16.5. The van der Waals surface area contributed by atoms with Crippen LogP contribution in [-0.2, 0) is 6.42 Å². The number of aryl methyl sites for hydroxylation is 2. The summed E-state index contributed by atoms with van der Waals surface area (Å²) >= 11 is 0. The number of hydrogen-bond donors (Lipinski definition) is 2. The maximum atomic E-state index is 13.4. The molecule has 0 bridgehead atoms. The highest BCUT2D eigenvalue weighted by Crippen LogP contribution is 2.33. The molecule has 3 heterocycles. The van der Waals surface area contributed by atoms with Crippen LogP contribution in [0.2, 0.25) is 0 Å². The van der Waals surface area contributed by atoms with Crippen molar-refractivity contribution in [1.82, 2.24) is 14.8 Å². The van der Waals surface area contributed by atoms with E-state index in [-0.39, 0.29) is 29.5 Å². The molecule has 2 amide bonds. The number of amides is 2. The lowest BCUT2D eigenvalue weighted by Crippen LogP contribution is -2.35. The van der Waals surface area contributed by atoms with E-state index in [1.165, 1.54) is 11.6 Å². The lowest BCUT2D eigenvalue weighted by atomic mass is 10.0. The molecule has 34 heavy (non-hydrogen) atoms. The Kier molecular flexibility index (Phi) is 7.48. The lowest BCUT2D eigenvalue weighted by molar-refractivity contribution is 0.0766. The van der Waals surface area contributed by atoms with Crippen LogP contribution in [0.4, 0.5) is 0 Å². The predicted molar refractivity (Wildman–Crippen MR) is 129 cm³/mol. The number of fused-ring (bicyclic) bond motifs is 1. The number of likely N-dealkylation sites (tertiary alicyclic amines) is 2. The van der Waals surface area contributed by atoms with Crippen molar-refractivity contribution >= 4 is 11.8 Å². The average molecular weight is 467 g/mol. The average Bonchev–Trinajstić information content (AvgIpc) is 3.36. The molecule has 0 aliphatic carbocycles. The Morgan fingerprint density at radius 2 is 1.85 bits per heavy atom. The van der Waals surface area contributed by atoms with Gasteiger partial charge in [0.05, 0.1) is 22.9 Å². The van der Waals surface area contributed by atoms with Crippen molar-refractivity contribution in [3.63, 3.8) is 0 Å². The minimum Gasteiger partial charge on any atom is -0.475 e. The topological polar surface area (TPSA) is 109 Å². The molecule has 2 aliphatic rings. The second-order valence-corrected chi connectivity index (χ2v) is 9.57. The molecule has 182 valence electrons. The summed E-state index contributed by atoms with van der Waals surface area (Å²) in [5.41, 5.74) is 7.72. The van der Waals surface area contributed by atoms with E-state index in [2.05, 4.69) is 34.1 Å². The first-order valence-corrected chi connectivity index (χ1v) is 12.0. The number of aliphatic hydroxyl groups is 1. The van der Waals surface area contributed by atoms with Gasteiger partial charge in [0.15, 0.2) is 0 Å². The third-order valence-electron chi connectivity index (χ3n) is 6.76. The molecule has 8 heteroatoms. The van der Waals surface area contributed by atoms with Crippen molar-refractivity contribution in [2.45, 2.75) is 32.8 Å². The molecule has 3 atom stereocenters. The number of aromatic nitrogens is 1. The van der Waals surface area contributed by atoms with Gasteiger partial charge < -0.3 is 25.4 Å². The third-order valence-corrected chi connectivity index (χ3v) is 6.76. The van der Waals surface area contributed by atoms with Gasteiger partial charge in [-0.05, 0) is 50.6 Å². The highest BCUT2D eigenvalue weighted by Gasteiger charge is 2.42. The summed E-state index contributed by atoms with van der Waals surface area (Å²) in [6.45, 7) is 7.72. The number of nitrogens with two attached hydrogens (primary N) is 1. The Labute approximate surface area is 200 Å². The molecule has 1 aromatic heterocycles. The molecular formula is C26H34N4O4. The van der Waals surface area contributed by atoms with E-state index < -0.39 is 12.0 Å². The zero-order valence-electron chi connectivity index (χ0n) is 19.9. The molecule has 2 fully saturated rings. The fourth-order valence-electron chi connectivity index (χ4n) is 5.14. The van der Waals surface area contributed by atoms with Crippen LogP contribution in [0, 0.1) is 18.8 Å². The van der Waals surface area contributed by atoms with Gasteiger partial charge in [0.2, 0.25) is 11.8 Å². The number of nitrogens with zero attached hydrogens (tertiary/aromatic N) is 3. The minimum atomic E-state index is -0.695. The summed E-state index contributed by atoms with van der Waals surface area (Å²) in [5.74, 6) is 0.165. The van der Waals surface area contributed by atoms with Gasteiger partial charge in [0.25, 0.3) is 5.91 Å².